The van der Waals surface area contributed by atoms with Crippen molar-refractivity contribution in [2.75, 3.05) is 56.7 Å². The number of ether oxygens (including phenoxy) is 2. The standard InChI is InChI=1S/C19H25N5O3/c1-26-17-7-3-2-6-16(17)22-19(25)27-15-5-10-23-11-13-24(14-12-23)18-20-8-4-9-21-18/h2-4,6-9H,5,10-15H2,1H3,(H,22,25). The molecule has 0 unspecified atom stereocenters. The monoisotopic (exact) mass is 371 g/mol. The van der Waals surface area contributed by atoms with Gasteiger partial charge in [-0.15, -0.1) is 0 Å². The molecule has 8 heteroatoms. The Morgan fingerprint density at radius 2 is 1.85 bits per heavy atom. The van der Waals surface area contributed by atoms with Crippen LogP contribution in [0.5, 0.6) is 5.75 Å². The predicted octanol–water partition coefficient (Wildman–Crippen LogP) is 2.25. The Morgan fingerprint density at radius 1 is 1.11 bits per heavy atom. The SMILES string of the molecule is COc1ccccc1NC(=O)OCCCN1CCN(c2ncccn2)CC1. The number of aromatic nitrogens is 2. The van der Waals surface area contributed by atoms with Gasteiger partial charge in [-0.3, -0.25) is 10.2 Å². The van der Waals surface area contributed by atoms with E-state index >= 15 is 0 Å². The minimum atomic E-state index is -0.467. The molecule has 0 aliphatic carbocycles. The van der Waals surface area contributed by atoms with Gasteiger partial charge in [0.05, 0.1) is 19.4 Å². The molecule has 0 bridgehead atoms. The first-order valence-corrected chi connectivity index (χ1v) is 9.07. The average molecular weight is 371 g/mol. The van der Waals surface area contributed by atoms with Gasteiger partial charge in [0.15, 0.2) is 0 Å². The molecule has 2 heterocycles. The highest BCUT2D eigenvalue weighted by Crippen LogP contribution is 2.23. The van der Waals surface area contributed by atoms with Gasteiger partial charge >= 0.3 is 6.09 Å². The first-order chi connectivity index (χ1) is 13.3. The van der Waals surface area contributed by atoms with Crippen molar-refractivity contribution in [3.05, 3.63) is 42.7 Å². The molecule has 1 N–H and O–H groups in total. The van der Waals surface area contributed by atoms with Crippen LogP contribution >= 0.6 is 0 Å². The van der Waals surface area contributed by atoms with Gasteiger partial charge in [0.1, 0.15) is 5.75 Å². The Hall–Kier alpha value is -2.87. The second-order valence-corrected chi connectivity index (χ2v) is 6.19. The minimum absolute atomic E-state index is 0.378. The van der Waals surface area contributed by atoms with E-state index in [2.05, 4.69) is 25.1 Å². The van der Waals surface area contributed by atoms with Crippen molar-refractivity contribution in [3.63, 3.8) is 0 Å². The molecule has 2 aromatic rings. The van der Waals surface area contributed by atoms with Crippen LogP contribution in [-0.4, -0.2) is 67.4 Å². The molecule has 1 aromatic heterocycles. The van der Waals surface area contributed by atoms with Crippen LogP contribution in [0.4, 0.5) is 16.4 Å². The summed E-state index contributed by atoms with van der Waals surface area (Å²) in [6.07, 6.45) is 3.86. The molecule has 1 aliphatic rings. The number of carbonyl (C=O) groups is 1. The highest BCUT2D eigenvalue weighted by Gasteiger charge is 2.18. The molecule has 0 atom stereocenters. The number of para-hydroxylation sites is 2. The van der Waals surface area contributed by atoms with Gasteiger partial charge in [-0.05, 0) is 24.6 Å². The Balaban J connectivity index is 1.32. The van der Waals surface area contributed by atoms with Gasteiger partial charge in [-0.25, -0.2) is 14.8 Å². The number of nitrogens with one attached hydrogen (secondary N) is 1. The van der Waals surface area contributed by atoms with Gasteiger partial charge in [0, 0.05) is 45.1 Å². The summed E-state index contributed by atoms with van der Waals surface area (Å²) in [5.41, 5.74) is 0.601. The predicted molar refractivity (Wildman–Crippen MR) is 103 cm³/mol. The van der Waals surface area contributed by atoms with E-state index in [1.54, 1.807) is 31.6 Å². The first-order valence-electron chi connectivity index (χ1n) is 9.07. The van der Waals surface area contributed by atoms with E-state index in [0.717, 1.165) is 45.1 Å². The average Bonchev–Trinajstić information content (AvgIpc) is 2.73. The van der Waals surface area contributed by atoms with Crippen molar-refractivity contribution >= 4 is 17.7 Å². The molecule has 1 aliphatic heterocycles. The van der Waals surface area contributed by atoms with Crippen LogP contribution in [0.3, 0.4) is 0 Å². The minimum Gasteiger partial charge on any atom is -0.495 e. The number of benzene rings is 1. The molecule has 0 spiro atoms. The summed E-state index contributed by atoms with van der Waals surface area (Å²) in [5.74, 6) is 1.39. The summed E-state index contributed by atoms with van der Waals surface area (Å²) in [4.78, 5) is 25.0. The third-order valence-corrected chi connectivity index (χ3v) is 4.40. The fourth-order valence-corrected chi connectivity index (χ4v) is 2.97. The number of hydrogen-bond donors (Lipinski definition) is 1. The Labute approximate surface area is 159 Å². The lowest BCUT2D eigenvalue weighted by Gasteiger charge is -2.34. The summed E-state index contributed by atoms with van der Waals surface area (Å²) < 4.78 is 10.5. The zero-order valence-electron chi connectivity index (χ0n) is 15.5. The van der Waals surface area contributed by atoms with E-state index in [4.69, 9.17) is 9.47 Å². The van der Waals surface area contributed by atoms with Crippen LogP contribution in [-0.2, 0) is 4.74 Å². The highest BCUT2D eigenvalue weighted by atomic mass is 16.5. The summed E-state index contributed by atoms with van der Waals surface area (Å²) in [7, 11) is 1.56. The molecular formula is C19H25N5O3. The fraction of sp³-hybridized carbons (Fsp3) is 0.421. The molecule has 0 radical (unpaired) electrons. The highest BCUT2D eigenvalue weighted by molar-refractivity contribution is 5.86. The van der Waals surface area contributed by atoms with Crippen molar-refractivity contribution in [2.45, 2.75) is 6.42 Å². The number of nitrogens with zero attached hydrogens (tertiary/aromatic N) is 4. The van der Waals surface area contributed by atoms with E-state index in [-0.39, 0.29) is 0 Å². The second kappa shape index (κ2) is 9.72. The van der Waals surface area contributed by atoms with E-state index < -0.39 is 6.09 Å². The molecule has 1 fully saturated rings. The zero-order valence-corrected chi connectivity index (χ0v) is 15.5. The number of rotatable bonds is 7. The molecule has 1 aromatic carbocycles. The number of hydrogen-bond acceptors (Lipinski definition) is 7. The molecule has 1 amide bonds. The van der Waals surface area contributed by atoms with Gasteiger partial charge in [0.2, 0.25) is 5.95 Å². The van der Waals surface area contributed by atoms with E-state index in [0.29, 0.717) is 18.0 Å². The quantitative estimate of drug-likeness (QED) is 0.748. The van der Waals surface area contributed by atoms with Crippen molar-refractivity contribution < 1.29 is 14.3 Å². The molecule has 1 saturated heterocycles. The Morgan fingerprint density at radius 3 is 2.59 bits per heavy atom. The fourth-order valence-electron chi connectivity index (χ4n) is 2.97. The molecular weight excluding hydrogens is 346 g/mol. The zero-order chi connectivity index (χ0) is 18.9. The van der Waals surface area contributed by atoms with Crippen LogP contribution in [0.15, 0.2) is 42.7 Å². The second-order valence-electron chi connectivity index (χ2n) is 6.19. The molecule has 8 nitrogen and oxygen atoms in total. The van der Waals surface area contributed by atoms with E-state index in [1.807, 2.05) is 18.2 Å². The van der Waals surface area contributed by atoms with Crippen molar-refractivity contribution in [2.24, 2.45) is 0 Å². The lowest BCUT2D eigenvalue weighted by atomic mass is 10.3. The maximum atomic E-state index is 11.9. The van der Waals surface area contributed by atoms with Gasteiger partial charge < -0.3 is 14.4 Å². The number of methoxy groups -OCH3 is 1. The lowest BCUT2D eigenvalue weighted by Crippen LogP contribution is -2.47. The van der Waals surface area contributed by atoms with Crippen molar-refractivity contribution in [1.82, 2.24) is 14.9 Å². The Bertz CT molecular complexity index is 720. The number of carbonyl (C=O) groups excluding carboxylic acids is 1. The van der Waals surface area contributed by atoms with E-state index in [1.165, 1.54) is 0 Å². The lowest BCUT2D eigenvalue weighted by molar-refractivity contribution is 0.150. The van der Waals surface area contributed by atoms with Crippen LogP contribution in [0.1, 0.15) is 6.42 Å². The first kappa shape index (κ1) is 18.9. The smallest absolute Gasteiger partial charge is 0.411 e. The Kier molecular flexibility index (Phi) is 6.81. The van der Waals surface area contributed by atoms with Gasteiger partial charge in [-0.1, -0.05) is 12.1 Å². The number of anilines is 2. The maximum absolute atomic E-state index is 11.9. The van der Waals surface area contributed by atoms with Crippen LogP contribution < -0.4 is 15.0 Å². The molecule has 3 rings (SSSR count). The molecule has 27 heavy (non-hydrogen) atoms. The normalized spacial score (nSPS) is 14.6. The summed E-state index contributed by atoms with van der Waals surface area (Å²) in [6.45, 7) is 4.98. The van der Waals surface area contributed by atoms with Gasteiger partial charge in [-0.2, -0.15) is 0 Å². The van der Waals surface area contributed by atoms with Crippen LogP contribution in [0.2, 0.25) is 0 Å². The van der Waals surface area contributed by atoms with Gasteiger partial charge in [0.25, 0.3) is 0 Å². The third-order valence-electron chi connectivity index (χ3n) is 4.40. The maximum Gasteiger partial charge on any atom is 0.411 e. The van der Waals surface area contributed by atoms with Crippen molar-refractivity contribution in [1.29, 1.82) is 0 Å². The summed E-state index contributed by atoms with van der Waals surface area (Å²) in [6, 6.07) is 9.06. The van der Waals surface area contributed by atoms with E-state index in [9.17, 15) is 4.79 Å². The van der Waals surface area contributed by atoms with Crippen LogP contribution in [0.25, 0.3) is 0 Å². The summed E-state index contributed by atoms with van der Waals surface area (Å²) >= 11 is 0. The largest absolute Gasteiger partial charge is 0.495 e. The topological polar surface area (TPSA) is 79.8 Å². The number of piperazine rings is 1. The van der Waals surface area contributed by atoms with Crippen molar-refractivity contribution in [3.8, 4) is 5.75 Å². The summed E-state index contributed by atoms with van der Waals surface area (Å²) in [5, 5.41) is 2.70. The van der Waals surface area contributed by atoms with Crippen LogP contribution in [0, 0.1) is 0 Å². The molecule has 0 saturated carbocycles. The molecule has 144 valence electrons. The number of amides is 1. The third kappa shape index (κ3) is 5.55.